The highest BCUT2D eigenvalue weighted by Gasteiger charge is 2.02. The third kappa shape index (κ3) is 2.63. The molecule has 68 valence electrons. The molecule has 0 spiro atoms. The van der Waals surface area contributed by atoms with E-state index in [2.05, 4.69) is 44.9 Å². The third-order valence-corrected chi connectivity index (χ3v) is 2.31. The molecule has 0 nitrogen and oxygen atoms in total. The summed E-state index contributed by atoms with van der Waals surface area (Å²) in [7, 11) is 0. The summed E-state index contributed by atoms with van der Waals surface area (Å²) in [5.41, 5.74) is 4.03. The van der Waals surface area contributed by atoms with Crippen LogP contribution in [0, 0.1) is 32.1 Å². The van der Waals surface area contributed by atoms with Crippen LogP contribution in [0.3, 0.4) is 0 Å². The molecule has 13 heavy (non-hydrogen) atoms. The van der Waals surface area contributed by atoms with Crippen LogP contribution in [0.2, 0.25) is 0 Å². The fourth-order valence-electron chi connectivity index (χ4n) is 1.46. The van der Waals surface area contributed by atoms with Crippen molar-refractivity contribution in [2.75, 3.05) is 0 Å². The Balaban J connectivity index is 2.85. The van der Waals surface area contributed by atoms with Gasteiger partial charge in [0.25, 0.3) is 0 Å². The molecular weight excluding hydrogens is 156 g/mol. The Hall–Kier alpha value is -1.22. The van der Waals surface area contributed by atoms with Crippen LogP contribution < -0.4 is 0 Å². The van der Waals surface area contributed by atoms with Crippen LogP contribution in [0.25, 0.3) is 0 Å². The minimum Gasteiger partial charge on any atom is -0.120 e. The van der Waals surface area contributed by atoms with Crippen molar-refractivity contribution in [3.63, 3.8) is 0 Å². The molecular formula is C13H16. The van der Waals surface area contributed by atoms with Crippen molar-refractivity contribution in [2.24, 2.45) is 5.92 Å². The van der Waals surface area contributed by atoms with Gasteiger partial charge < -0.3 is 0 Å². The van der Waals surface area contributed by atoms with E-state index in [9.17, 15) is 0 Å². The molecule has 1 unspecified atom stereocenters. The van der Waals surface area contributed by atoms with Gasteiger partial charge in [-0.15, -0.1) is 12.3 Å². The van der Waals surface area contributed by atoms with Crippen LogP contribution in [0.5, 0.6) is 0 Å². The van der Waals surface area contributed by atoms with Crippen molar-refractivity contribution in [2.45, 2.75) is 27.2 Å². The molecule has 1 atom stereocenters. The molecule has 0 aliphatic rings. The number of benzene rings is 1. The molecule has 0 heteroatoms. The number of hydrogen-bond acceptors (Lipinski definition) is 0. The SMILES string of the molecule is C#CC(C)Cc1ccc(C)cc1C. The molecule has 0 aromatic heterocycles. The summed E-state index contributed by atoms with van der Waals surface area (Å²) >= 11 is 0. The van der Waals surface area contributed by atoms with E-state index in [-0.39, 0.29) is 0 Å². The molecule has 1 aromatic rings. The zero-order valence-corrected chi connectivity index (χ0v) is 8.59. The number of aryl methyl sites for hydroxylation is 2. The van der Waals surface area contributed by atoms with E-state index in [1.54, 1.807) is 0 Å². The van der Waals surface area contributed by atoms with Gasteiger partial charge in [-0.2, -0.15) is 0 Å². The molecule has 0 aliphatic carbocycles. The Labute approximate surface area is 81.0 Å². The number of rotatable bonds is 2. The van der Waals surface area contributed by atoms with E-state index >= 15 is 0 Å². The summed E-state index contributed by atoms with van der Waals surface area (Å²) in [6.45, 7) is 6.34. The van der Waals surface area contributed by atoms with E-state index in [1.807, 2.05) is 0 Å². The van der Waals surface area contributed by atoms with Crippen molar-refractivity contribution in [1.82, 2.24) is 0 Å². The Morgan fingerprint density at radius 2 is 2.08 bits per heavy atom. The van der Waals surface area contributed by atoms with Crippen LogP contribution in [0.15, 0.2) is 18.2 Å². The molecule has 0 saturated heterocycles. The average Bonchev–Trinajstić information content (AvgIpc) is 2.09. The predicted octanol–water partition coefficient (Wildman–Crippen LogP) is 3.12. The lowest BCUT2D eigenvalue weighted by molar-refractivity contribution is 0.747. The van der Waals surface area contributed by atoms with E-state index in [0.717, 1.165) is 6.42 Å². The van der Waals surface area contributed by atoms with Crippen molar-refractivity contribution in [3.05, 3.63) is 34.9 Å². The fraction of sp³-hybridized carbons (Fsp3) is 0.385. The van der Waals surface area contributed by atoms with E-state index < -0.39 is 0 Å². The minimum atomic E-state index is 0.335. The van der Waals surface area contributed by atoms with Crippen LogP contribution in [0.1, 0.15) is 23.6 Å². The predicted molar refractivity (Wildman–Crippen MR) is 57.6 cm³/mol. The Morgan fingerprint density at radius 3 is 2.62 bits per heavy atom. The monoisotopic (exact) mass is 172 g/mol. The zero-order valence-electron chi connectivity index (χ0n) is 8.59. The Kier molecular flexibility index (Phi) is 3.14. The van der Waals surface area contributed by atoms with Gasteiger partial charge in [-0.25, -0.2) is 0 Å². The van der Waals surface area contributed by atoms with Crippen molar-refractivity contribution < 1.29 is 0 Å². The number of hydrogen-bond donors (Lipinski definition) is 0. The maximum atomic E-state index is 5.35. The van der Waals surface area contributed by atoms with Gasteiger partial charge in [0.05, 0.1) is 0 Å². The van der Waals surface area contributed by atoms with Gasteiger partial charge in [0.15, 0.2) is 0 Å². The first-order chi connectivity index (χ1) is 6.13. The van der Waals surface area contributed by atoms with Gasteiger partial charge in [-0.1, -0.05) is 30.7 Å². The minimum absolute atomic E-state index is 0.335. The molecule has 0 fully saturated rings. The normalized spacial score (nSPS) is 12.2. The van der Waals surface area contributed by atoms with E-state index in [4.69, 9.17) is 6.42 Å². The van der Waals surface area contributed by atoms with Crippen LogP contribution in [0.4, 0.5) is 0 Å². The molecule has 0 saturated carbocycles. The Bertz CT molecular complexity index is 328. The maximum Gasteiger partial charge on any atom is 0.0212 e. The van der Waals surface area contributed by atoms with Crippen molar-refractivity contribution in [1.29, 1.82) is 0 Å². The molecule has 0 bridgehead atoms. The lowest BCUT2D eigenvalue weighted by Gasteiger charge is -2.08. The van der Waals surface area contributed by atoms with Crippen LogP contribution >= 0.6 is 0 Å². The van der Waals surface area contributed by atoms with Gasteiger partial charge in [0.2, 0.25) is 0 Å². The third-order valence-electron chi connectivity index (χ3n) is 2.31. The summed E-state index contributed by atoms with van der Waals surface area (Å²) in [4.78, 5) is 0. The molecule has 0 amide bonds. The highest BCUT2D eigenvalue weighted by atomic mass is 14.1. The van der Waals surface area contributed by atoms with Crippen molar-refractivity contribution in [3.8, 4) is 12.3 Å². The Morgan fingerprint density at radius 1 is 1.38 bits per heavy atom. The molecule has 0 heterocycles. The second-order valence-electron chi connectivity index (χ2n) is 3.70. The molecule has 0 radical (unpaired) electrons. The maximum absolute atomic E-state index is 5.35. The molecule has 1 aromatic carbocycles. The first-order valence-corrected chi connectivity index (χ1v) is 4.65. The van der Waals surface area contributed by atoms with Crippen molar-refractivity contribution >= 4 is 0 Å². The molecule has 1 rings (SSSR count). The summed E-state index contributed by atoms with van der Waals surface area (Å²) in [5, 5.41) is 0. The number of terminal acetylenes is 1. The van der Waals surface area contributed by atoms with Gasteiger partial charge in [-0.3, -0.25) is 0 Å². The highest BCUT2D eigenvalue weighted by molar-refractivity contribution is 5.31. The van der Waals surface area contributed by atoms with Gasteiger partial charge in [-0.05, 0) is 31.4 Å². The lowest BCUT2D eigenvalue weighted by Crippen LogP contribution is -1.98. The second-order valence-corrected chi connectivity index (χ2v) is 3.70. The summed E-state index contributed by atoms with van der Waals surface area (Å²) < 4.78 is 0. The van der Waals surface area contributed by atoms with Gasteiger partial charge in [0.1, 0.15) is 0 Å². The average molecular weight is 172 g/mol. The van der Waals surface area contributed by atoms with Crippen LogP contribution in [-0.4, -0.2) is 0 Å². The van der Waals surface area contributed by atoms with Gasteiger partial charge >= 0.3 is 0 Å². The lowest BCUT2D eigenvalue weighted by atomic mass is 9.97. The molecule has 0 aliphatic heterocycles. The van der Waals surface area contributed by atoms with Crippen LogP contribution in [-0.2, 0) is 6.42 Å². The smallest absolute Gasteiger partial charge is 0.0212 e. The highest BCUT2D eigenvalue weighted by Crippen LogP contribution is 2.14. The standard InChI is InChI=1S/C13H16/c1-5-10(2)9-13-7-6-11(3)8-12(13)4/h1,6-8,10H,9H2,2-4H3. The zero-order chi connectivity index (χ0) is 9.84. The largest absolute Gasteiger partial charge is 0.120 e. The first kappa shape index (κ1) is 9.86. The van der Waals surface area contributed by atoms with E-state index in [0.29, 0.717) is 5.92 Å². The summed E-state index contributed by atoms with van der Waals surface area (Å²) in [5.74, 6) is 3.09. The first-order valence-electron chi connectivity index (χ1n) is 4.65. The fourth-order valence-corrected chi connectivity index (χ4v) is 1.46. The van der Waals surface area contributed by atoms with Gasteiger partial charge in [0, 0.05) is 5.92 Å². The van der Waals surface area contributed by atoms with E-state index in [1.165, 1.54) is 16.7 Å². The molecule has 0 N–H and O–H groups in total. The second kappa shape index (κ2) is 4.14. The summed E-state index contributed by atoms with van der Waals surface area (Å²) in [6.07, 6.45) is 6.34. The quantitative estimate of drug-likeness (QED) is 0.601. The summed E-state index contributed by atoms with van der Waals surface area (Å²) in [6, 6.07) is 6.53. The topological polar surface area (TPSA) is 0 Å².